The minimum absolute atomic E-state index is 0.00483. The van der Waals surface area contributed by atoms with Gasteiger partial charge in [0.05, 0.1) is 12.5 Å². The highest BCUT2D eigenvalue weighted by Crippen LogP contribution is 2.27. The number of anilines is 2. The van der Waals surface area contributed by atoms with Crippen LogP contribution in [0.1, 0.15) is 30.9 Å². The molecule has 4 rings (SSSR count). The summed E-state index contributed by atoms with van der Waals surface area (Å²) in [6.07, 6.45) is 3.75. The van der Waals surface area contributed by atoms with E-state index in [1.807, 2.05) is 25.1 Å². The number of benzene rings is 2. The molecular formula is C23H27N3O2. The highest BCUT2D eigenvalue weighted by atomic mass is 16.2. The second-order valence-electron chi connectivity index (χ2n) is 7.93. The summed E-state index contributed by atoms with van der Waals surface area (Å²) in [7, 11) is 0. The Bertz CT molecular complexity index is 857. The zero-order chi connectivity index (χ0) is 19.5. The zero-order valence-electron chi connectivity index (χ0n) is 16.3. The molecule has 28 heavy (non-hydrogen) atoms. The Kier molecular flexibility index (Phi) is 5.44. The lowest BCUT2D eigenvalue weighted by Crippen LogP contribution is -2.46. The van der Waals surface area contributed by atoms with Gasteiger partial charge < -0.3 is 10.6 Å². The normalized spacial score (nSPS) is 18.4. The van der Waals surface area contributed by atoms with Crippen molar-refractivity contribution in [2.45, 2.75) is 38.6 Å². The minimum atomic E-state index is -0.161. The van der Waals surface area contributed by atoms with E-state index >= 15 is 0 Å². The molecule has 0 saturated carbocycles. The first-order valence-corrected chi connectivity index (χ1v) is 10.1. The van der Waals surface area contributed by atoms with E-state index in [4.69, 9.17) is 0 Å². The Hall–Kier alpha value is -2.66. The third-order valence-electron chi connectivity index (χ3n) is 5.94. The van der Waals surface area contributed by atoms with E-state index < -0.39 is 0 Å². The first kappa shape index (κ1) is 18.7. The Balaban J connectivity index is 1.29. The average molecular weight is 377 g/mol. The van der Waals surface area contributed by atoms with Crippen molar-refractivity contribution in [2.24, 2.45) is 5.92 Å². The first-order valence-electron chi connectivity index (χ1n) is 10.1. The number of carbonyl (C=O) groups excluding carboxylic acids is 2. The van der Waals surface area contributed by atoms with Crippen LogP contribution in [0.3, 0.4) is 0 Å². The summed E-state index contributed by atoms with van der Waals surface area (Å²) in [5.74, 6) is 0.708. The lowest BCUT2D eigenvalue weighted by atomic mass is 9.89. The topological polar surface area (TPSA) is 61.4 Å². The summed E-state index contributed by atoms with van der Waals surface area (Å²) < 4.78 is 0. The number of nitrogens with zero attached hydrogens (tertiary/aromatic N) is 1. The standard InChI is InChI=1S/C23H27N3O2/c1-16(23(28)24-20-7-8-21-19(14-20)15-22(27)25-21)26-11-9-18(10-12-26)13-17-5-3-2-4-6-17/h2-8,14,16,18H,9-13,15H2,1H3,(H,24,28)(H,25,27). The maximum Gasteiger partial charge on any atom is 0.241 e. The molecule has 1 fully saturated rings. The summed E-state index contributed by atoms with van der Waals surface area (Å²) in [5.41, 5.74) is 3.94. The summed E-state index contributed by atoms with van der Waals surface area (Å²) in [5, 5.41) is 5.83. The summed E-state index contributed by atoms with van der Waals surface area (Å²) in [6.45, 7) is 3.88. The van der Waals surface area contributed by atoms with Gasteiger partial charge in [-0.3, -0.25) is 14.5 Å². The van der Waals surface area contributed by atoms with Gasteiger partial charge >= 0.3 is 0 Å². The van der Waals surface area contributed by atoms with Crippen LogP contribution in [0.2, 0.25) is 0 Å². The van der Waals surface area contributed by atoms with Crippen molar-refractivity contribution in [3.05, 3.63) is 59.7 Å². The predicted molar refractivity (Wildman–Crippen MR) is 111 cm³/mol. The maximum absolute atomic E-state index is 12.7. The van der Waals surface area contributed by atoms with Crippen LogP contribution in [0, 0.1) is 5.92 Å². The van der Waals surface area contributed by atoms with Crippen molar-refractivity contribution >= 4 is 23.2 Å². The molecule has 0 bridgehead atoms. The van der Waals surface area contributed by atoms with E-state index in [1.165, 1.54) is 5.56 Å². The van der Waals surface area contributed by atoms with Gasteiger partial charge in [-0.25, -0.2) is 0 Å². The van der Waals surface area contributed by atoms with E-state index in [0.717, 1.165) is 49.3 Å². The minimum Gasteiger partial charge on any atom is -0.326 e. The fraction of sp³-hybridized carbons (Fsp3) is 0.391. The van der Waals surface area contributed by atoms with Crippen LogP contribution in [0.25, 0.3) is 0 Å². The van der Waals surface area contributed by atoms with Crippen molar-refractivity contribution < 1.29 is 9.59 Å². The molecule has 2 aliphatic heterocycles. The van der Waals surface area contributed by atoms with Gasteiger partial charge in [-0.15, -0.1) is 0 Å². The van der Waals surface area contributed by atoms with Crippen molar-refractivity contribution in [3.8, 4) is 0 Å². The van der Waals surface area contributed by atoms with Crippen LogP contribution in [0.15, 0.2) is 48.5 Å². The van der Waals surface area contributed by atoms with E-state index in [2.05, 4.69) is 45.9 Å². The SMILES string of the molecule is CC(C(=O)Nc1ccc2c(c1)CC(=O)N2)N1CCC(Cc2ccccc2)CC1. The molecule has 5 nitrogen and oxygen atoms in total. The molecule has 146 valence electrons. The third-order valence-corrected chi connectivity index (χ3v) is 5.94. The van der Waals surface area contributed by atoms with E-state index in [-0.39, 0.29) is 17.9 Å². The third kappa shape index (κ3) is 4.25. The molecule has 1 atom stereocenters. The van der Waals surface area contributed by atoms with Crippen LogP contribution >= 0.6 is 0 Å². The molecule has 2 aromatic carbocycles. The highest BCUT2D eigenvalue weighted by Gasteiger charge is 2.27. The Morgan fingerprint density at radius 1 is 1.18 bits per heavy atom. The molecule has 2 amide bonds. The number of carbonyl (C=O) groups is 2. The molecule has 2 N–H and O–H groups in total. The lowest BCUT2D eigenvalue weighted by Gasteiger charge is -2.35. The number of amides is 2. The Morgan fingerprint density at radius 3 is 2.68 bits per heavy atom. The van der Waals surface area contributed by atoms with Crippen molar-refractivity contribution in [2.75, 3.05) is 23.7 Å². The molecule has 1 unspecified atom stereocenters. The summed E-state index contributed by atoms with van der Waals surface area (Å²) >= 11 is 0. The maximum atomic E-state index is 12.7. The van der Waals surface area contributed by atoms with Gasteiger partial charge in [-0.1, -0.05) is 30.3 Å². The van der Waals surface area contributed by atoms with Gasteiger partial charge in [0.1, 0.15) is 0 Å². The van der Waals surface area contributed by atoms with Gasteiger partial charge in [0, 0.05) is 11.4 Å². The second-order valence-corrected chi connectivity index (χ2v) is 7.93. The molecule has 2 heterocycles. The van der Waals surface area contributed by atoms with E-state index in [9.17, 15) is 9.59 Å². The van der Waals surface area contributed by atoms with Crippen molar-refractivity contribution in [3.63, 3.8) is 0 Å². The largest absolute Gasteiger partial charge is 0.326 e. The molecule has 0 radical (unpaired) electrons. The number of likely N-dealkylation sites (tertiary alicyclic amines) is 1. The average Bonchev–Trinajstić information content (AvgIpc) is 3.08. The van der Waals surface area contributed by atoms with Gasteiger partial charge in [0.25, 0.3) is 0 Å². The zero-order valence-corrected chi connectivity index (χ0v) is 16.3. The number of rotatable bonds is 5. The lowest BCUT2D eigenvalue weighted by molar-refractivity contribution is -0.121. The van der Waals surface area contributed by atoms with Crippen LogP contribution in [-0.4, -0.2) is 35.8 Å². The van der Waals surface area contributed by atoms with Crippen molar-refractivity contribution in [1.29, 1.82) is 0 Å². The number of hydrogen-bond acceptors (Lipinski definition) is 3. The van der Waals surface area contributed by atoms with Crippen LogP contribution in [-0.2, 0) is 22.4 Å². The monoisotopic (exact) mass is 377 g/mol. The van der Waals surface area contributed by atoms with Crippen LogP contribution < -0.4 is 10.6 Å². The number of hydrogen-bond donors (Lipinski definition) is 2. The molecule has 0 spiro atoms. The van der Waals surface area contributed by atoms with Crippen LogP contribution in [0.5, 0.6) is 0 Å². The molecule has 2 aromatic rings. The molecule has 1 saturated heterocycles. The molecule has 5 heteroatoms. The van der Waals surface area contributed by atoms with Gasteiger partial charge in [-0.05, 0) is 74.5 Å². The molecular weight excluding hydrogens is 350 g/mol. The first-order chi connectivity index (χ1) is 13.6. The van der Waals surface area contributed by atoms with Crippen molar-refractivity contribution in [1.82, 2.24) is 4.90 Å². The summed E-state index contributed by atoms with van der Waals surface area (Å²) in [6, 6.07) is 16.1. The second kappa shape index (κ2) is 8.15. The van der Waals surface area contributed by atoms with Gasteiger partial charge in [-0.2, -0.15) is 0 Å². The van der Waals surface area contributed by atoms with E-state index in [1.54, 1.807) is 0 Å². The number of nitrogens with one attached hydrogen (secondary N) is 2. The summed E-state index contributed by atoms with van der Waals surface area (Å²) in [4.78, 5) is 26.5. The van der Waals surface area contributed by atoms with E-state index in [0.29, 0.717) is 12.3 Å². The highest BCUT2D eigenvalue weighted by molar-refractivity contribution is 6.00. The van der Waals surface area contributed by atoms with Gasteiger partial charge in [0.15, 0.2) is 0 Å². The Labute approximate surface area is 166 Å². The quantitative estimate of drug-likeness (QED) is 0.839. The fourth-order valence-corrected chi connectivity index (χ4v) is 4.21. The predicted octanol–water partition coefficient (Wildman–Crippen LogP) is 3.46. The molecule has 0 aliphatic carbocycles. The molecule has 0 aromatic heterocycles. The van der Waals surface area contributed by atoms with Gasteiger partial charge in [0.2, 0.25) is 11.8 Å². The smallest absolute Gasteiger partial charge is 0.241 e. The Morgan fingerprint density at radius 2 is 1.93 bits per heavy atom. The van der Waals surface area contributed by atoms with Crippen LogP contribution in [0.4, 0.5) is 11.4 Å². The molecule has 2 aliphatic rings. The number of fused-ring (bicyclic) bond motifs is 1. The number of piperidine rings is 1. The fourth-order valence-electron chi connectivity index (χ4n) is 4.21.